The number of rotatable bonds is 11. The Morgan fingerprint density at radius 3 is 2.61 bits per heavy atom. The van der Waals surface area contributed by atoms with Crippen molar-refractivity contribution < 1.29 is 4.79 Å². The first-order valence-corrected chi connectivity index (χ1v) is 11.4. The van der Waals surface area contributed by atoms with E-state index in [0.29, 0.717) is 12.2 Å². The fraction of sp³-hybridized carbons (Fsp3) is 0.545. The van der Waals surface area contributed by atoms with E-state index in [4.69, 9.17) is 0 Å². The van der Waals surface area contributed by atoms with Crippen LogP contribution < -0.4 is 16.0 Å². The molecule has 1 aliphatic carbocycles. The molecule has 1 aromatic heterocycles. The van der Waals surface area contributed by atoms with Gasteiger partial charge in [-0.1, -0.05) is 49.6 Å². The molecule has 152 valence electrons. The second kappa shape index (κ2) is 11.9. The first-order valence-electron chi connectivity index (χ1n) is 10.6. The summed E-state index contributed by atoms with van der Waals surface area (Å²) in [4.78, 5) is 16.7. The summed E-state index contributed by atoms with van der Waals surface area (Å²) in [6.07, 6.45) is 8.89. The molecule has 1 fully saturated rings. The van der Waals surface area contributed by atoms with E-state index in [1.165, 1.54) is 43.4 Å². The van der Waals surface area contributed by atoms with Crippen molar-refractivity contribution in [3.05, 3.63) is 41.4 Å². The first kappa shape index (κ1) is 21.0. The van der Waals surface area contributed by atoms with E-state index < -0.39 is 0 Å². The highest BCUT2D eigenvalue weighted by Crippen LogP contribution is 2.23. The maximum absolute atomic E-state index is 12.2. The molecular formula is C22H32N4OS. The van der Waals surface area contributed by atoms with Gasteiger partial charge < -0.3 is 16.0 Å². The molecule has 5 nitrogen and oxygen atoms in total. The monoisotopic (exact) mass is 400 g/mol. The van der Waals surface area contributed by atoms with Crippen LogP contribution in [0.25, 0.3) is 10.6 Å². The van der Waals surface area contributed by atoms with Gasteiger partial charge in [-0.25, -0.2) is 4.98 Å². The average molecular weight is 401 g/mol. The molecule has 0 spiro atoms. The third kappa shape index (κ3) is 7.00. The lowest BCUT2D eigenvalue weighted by molar-refractivity contribution is 0.0949. The molecular weight excluding hydrogens is 368 g/mol. The van der Waals surface area contributed by atoms with E-state index in [1.807, 2.05) is 35.7 Å². The van der Waals surface area contributed by atoms with Crippen molar-refractivity contribution in [3.8, 4) is 10.6 Å². The lowest BCUT2D eigenvalue weighted by atomic mass is 9.95. The molecule has 1 heterocycles. The van der Waals surface area contributed by atoms with Gasteiger partial charge in [0.05, 0.1) is 0 Å². The summed E-state index contributed by atoms with van der Waals surface area (Å²) >= 11 is 1.51. The molecule has 0 bridgehead atoms. The highest BCUT2D eigenvalue weighted by molar-refractivity contribution is 7.13. The van der Waals surface area contributed by atoms with Crippen molar-refractivity contribution in [1.82, 2.24) is 20.9 Å². The summed E-state index contributed by atoms with van der Waals surface area (Å²) in [7, 11) is 0. The topological polar surface area (TPSA) is 66.1 Å². The standard InChI is InChI=1S/C22H32N4OS/c27-21(20-17-28-22(26-20)18-9-3-1-4-10-18)25-14-8-7-13-23-15-16-24-19-11-5-2-6-12-19/h1,3-4,9-10,17,19,23-24H,2,5-8,11-16H2,(H,25,27). The molecule has 1 saturated carbocycles. The van der Waals surface area contributed by atoms with Gasteiger partial charge in [-0.15, -0.1) is 11.3 Å². The van der Waals surface area contributed by atoms with Gasteiger partial charge >= 0.3 is 0 Å². The van der Waals surface area contributed by atoms with E-state index >= 15 is 0 Å². The molecule has 1 aliphatic rings. The van der Waals surface area contributed by atoms with E-state index in [0.717, 1.165) is 49.1 Å². The summed E-state index contributed by atoms with van der Waals surface area (Å²) in [5.74, 6) is -0.0805. The quantitative estimate of drug-likeness (QED) is 0.502. The zero-order valence-electron chi connectivity index (χ0n) is 16.6. The number of thiazole rings is 1. The van der Waals surface area contributed by atoms with Crippen LogP contribution in [0.5, 0.6) is 0 Å². The second-order valence-electron chi connectivity index (χ2n) is 7.41. The Bertz CT molecular complexity index is 698. The number of carbonyl (C=O) groups is 1. The lowest BCUT2D eigenvalue weighted by Crippen LogP contribution is -2.36. The number of carbonyl (C=O) groups excluding carboxylic acids is 1. The molecule has 0 aliphatic heterocycles. The number of benzene rings is 1. The van der Waals surface area contributed by atoms with Crippen LogP contribution in [0, 0.1) is 0 Å². The zero-order valence-corrected chi connectivity index (χ0v) is 17.4. The maximum atomic E-state index is 12.2. The molecule has 3 N–H and O–H groups in total. The number of hydrogen-bond donors (Lipinski definition) is 3. The fourth-order valence-corrected chi connectivity index (χ4v) is 4.36. The van der Waals surface area contributed by atoms with Gasteiger partial charge in [-0.2, -0.15) is 0 Å². The Morgan fingerprint density at radius 2 is 1.79 bits per heavy atom. The molecule has 0 unspecified atom stereocenters. The van der Waals surface area contributed by atoms with Crippen LogP contribution in [0.4, 0.5) is 0 Å². The SMILES string of the molecule is O=C(NCCCCNCCNC1CCCCC1)c1csc(-c2ccccc2)n1. The molecule has 28 heavy (non-hydrogen) atoms. The van der Waals surface area contributed by atoms with Gasteiger partial charge in [-0.05, 0) is 32.2 Å². The van der Waals surface area contributed by atoms with Gasteiger partial charge in [-0.3, -0.25) is 4.79 Å². The van der Waals surface area contributed by atoms with Crippen LogP contribution in [-0.4, -0.2) is 43.1 Å². The predicted octanol–water partition coefficient (Wildman–Crippen LogP) is 3.83. The average Bonchev–Trinajstić information content (AvgIpc) is 3.24. The van der Waals surface area contributed by atoms with Gasteiger partial charge in [0.25, 0.3) is 5.91 Å². The minimum Gasteiger partial charge on any atom is -0.351 e. The molecule has 1 aromatic carbocycles. The van der Waals surface area contributed by atoms with Gasteiger partial charge in [0.1, 0.15) is 10.7 Å². The number of nitrogens with one attached hydrogen (secondary N) is 3. The van der Waals surface area contributed by atoms with Crippen LogP contribution in [0.15, 0.2) is 35.7 Å². The van der Waals surface area contributed by atoms with Crippen LogP contribution in [0.1, 0.15) is 55.4 Å². The van der Waals surface area contributed by atoms with E-state index in [9.17, 15) is 4.79 Å². The van der Waals surface area contributed by atoms with Crippen molar-refractivity contribution >= 4 is 17.2 Å². The Morgan fingerprint density at radius 1 is 1.00 bits per heavy atom. The highest BCUT2D eigenvalue weighted by atomic mass is 32.1. The predicted molar refractivity (Wildman–Crippen MR) is 117 cm³/mol. The Kier molecular flexibility index (Phi) is 8.94. The third-order valence-electron chi connectivity index (χ3n) is 5.16. The highest BCUT2D eigenvalue weighted by Gasteiger charge is 2.12. The van der Waals surface area contributed by atoms with Crippen molar-refractivity contribution in [2.24, 2.45) is 0 Å². The Hall–Kier alpha value is -1.76. The zero-order chi connectivity index (χ0) is 19.4. The third-order valence-corrected chi connectivity index (χ3v) is 6.05. The normalized spacial score (nSPS) is 14.9. The Labute approximate surface area is 172 Å². The van der Waals surface area contributed by atoms with Crippen molar-refractivity contribution in [2.45, 2.75) is 51.0 Å². The second-order valence-corrected chi connectivity index (χ2v) is 8.26. The molecule has 2 aromatic rings. The van der Waals surface area contributed by atoms with E-state index in [-0.39, 0.29) is 5.91 Å². The van der Waals surface area contributed by atoms with Crippen LogP contribution in [0.2, 0.25) is 0 Å². The smallest absolute Gasteiger partial charge is 0.270 e. The number of amides is 1. The minimum atomic E-state index is -0.0805. The number of nitrogens with zero attached hydrogens (tertiary/aromatic N) is 1. The van der Waals surface area contributed by atoms with Crippen molar-refractivity contribution in [3.63, 3.8) is 0 Å². The molecule has 0 atom stereocenters. The van der Waals surface area contributed by atoms with Crippen molar-refractivity contribution in [1.29, 1.82) is 0 Å². The maximum Gasteiger partial charge on any atom is 0.270 e. The number of hydrogen-bond acceptors (Lipinski definition) is 5. The summed E-state index contributed by atoms with van der Waals surface area (Å²) < 4.78 is 0. The van der Waals surface area contributed by atoms with Gasteiger partial charge in [0.2, 0.25) is 0 Å². The van der Waals surface area contributed by atoms with Crippen LogP contribution >= 0.6 is 11.3 Å². The van der Waals surface area contributed by atoms with Crippen molar-refractivity contribution in [2.75, 3.05) is 26.2 Å². The molecule has 1 amide bonds. The number of aromatic nitrogens is 1. The molecule has 0 radical (unpaired) electrons. The van der Waals surface area contributed by atoms with Gasteiger partial charge in [0, 0.05) is 36.6 Å². The number of unbranched alkanes of at least 4 members (excludes halogenated alkanes) is 1. The summed E-state index contributed by atoms with van der Waals surface area (Å²) in [5.41, 5.74) is 1.56. The van der Waals surface area contributed by atoms with Crippen LogP contribution in [-0.2, 0) is 0 Å². The molecule has 0 saturated heterocycles. The first-order chi connectivity index (χ1) is 13.8. The minimum absolute atomic E-state index is 0.0805. The van der Waals surface area contributed by atoms with E-state index in [2.05, 4.69) is 20.9 Å². The van der Waals surface area contributed by atoms with Crippen LogP contribution in [0.3, 0.4) is 0 Å². The summed E-state index contributed by atoms with van der Waals surface area (Å²) in [5, 5.41) is 12.8. The van der Waals surface area contributed by atoms with Gasteiger partial charge in [0.15, 0.2) is 0 Å². The Balaban J connectivity index is 1.22. The summed E-state index contributed by atoms with van der Waals surface area (Å²) in [6, 6.07) is 10.7. The lowest BCUT2D eigenvalue weighted by Gasteiger charge is -2.22. The largest absolute Gasteiger partial charge is 0.351 e. The molecule has 3 rings (SSSR count). The fourth-order valence-electron chi connectivity index (χ4n) is 3.56. The van der Waals surface area contributed by atoms with E-state index in [1.54, 1.807) is 0 Å². The summed E-state index contributed by atoms with van der Waals surface area (Å²) in [6.45, 7) is 3.76. The molecule has 6 heteroatoms.